The number of hydrogen-bond donors (Lipinski definition) is 1. The Balaban J connectivity index is 2.76. The highest BCUT2D eigenvalue weighted by Gasteiger charge is 2.14. The van der Waals surface area contributed by atoms with Crippen molar-refractivity contribution in [3.05, 3.63) is 29.6 Å². The van der Waals surface area contributed by atoms with Crippen LogP contribution in [0.15, 0.2) is 18.3 Å². The highest BCUT2D eigenvalue weighted by molar-refractivity contribution is 5.92. The maximum Gasteiger partial charge on any atom is 0.272 e. The number of aliphatic hydroxyl groups excluding tert-OH is 1. The molecule has 5 heteroatoms. The predicted molar refractivity (Wildman–Crippen MR) is 62.2 cm³/mol. The second kappa shape index (κ2) is 6.61. The third-order valence-corrected chi connectivity index (χ3v) is 2.37. The summed E-state index contributed by atoms with van der Waals surface area (Å²) in [4.78, 5) is 17.5. The van der Waals surface area contributed by atoms with E-state index in [0.717, 1.165) is 0 Å². The first-order valence-electron chi connectivity index (χ1n) is 5.49. The van der Waals surface area contributed by atoms with Gasteiger partial charge in [0.1, 0.15) is 11.8 Å². The van der Waals surface area contributed by atoms with Crippen molar-refractivity contribution in [3.8, 4) is 6.07 Å². The lowest BCUT2D eigenvalue weighted by molar-refractivity contribution is 0.0748. The highest BCUT2D eigenvalue weighted by Crippen LogP contribution is 2.04. The molecule has 5 nitrogen and oxygen atoms in total. The number of carbonyl (C=O) groups is 1. The minimum atomic E-state index is -0.176. The molecule has 0 aliphatic rings. The van der Waals surface area contributed by atoms with Crippen LogP contribution >= 0.6 is 0 Å². The molecule has 0 spiro atoms. The van der Waals surface area contributed by atoms with Gasteiger partial charge < -0.3 is 10.0 Å². The van der Waals surface area contributed by atoms with Gasteiger partial charge in [-0.05, 0) is 25.5 Å². The van der Waals surface area contributed by atoms with Crippen LogP contribution in [-0.2, 0) is 0 Å². The maximum atomic E-state index is 12.0. The summed E-state index contributed by atoms with van der Waals surface area (Å²) in [6, 6.07) is 5.06. The molecule has 0 fully saturated rings. The molecule has 90 valence electrons. The molecule has 1 heterocycles. The molecule has 1 aromatic heterocycles. The van der Waals surface area contributed by atoms with Crippen molar-refractivity contribution in [2.75, 3.05) is 19.7 Å². The molecule has 0 radical (unpaired) electrons. The lowest BCUT2D eigenvalue weighted by Crippen LogP contribution is -2.32. The van der Waals surface area contributed by atoms with Gasteiger partial charge >= 0.3 is 0 Å². The van der Waals surface area contributed by atoms with Gasteiger partial charge in [0, 0.05) is 25.9 Å². The van der Waals surface area contributed by atoms with Crippen molar-refractivity contribution < 1.29 is 9.90 Å². The van der Waals surface area contributed by atoms with Gasteiger partial charge in [-0.15, -0.1) is 0 Å². The van der Waals surface area contributed by atoms with Crippen LogP contribution in [0.4, 0.5) is 0 Å². The van der Waals surface area contributed by atoms with Gasteiger partial charge in [-0.2, -0.15) is 5.26 Å². The van der Waals surface area contributed by atoms with E-state index in [1.807, 2.05) is 13.0 Å². The van der Waals surface area contributed by atoms with Crippen LogP contribution in [0, 0.1) is 11.3 Å². The third-order valence-electron chi connectivity index (χ3n) is 2.37. The molecule has 1 N–H and O–H groups in total. The number of nitriles is 1. The molecule has 0 aliphatic heterocycles. The average Bonchev–Trinajstić information content (AvgIpc) is 2.39. The lowest BCUT2D eigenvalue weighted by atomic mass is 10.2. The Morgan fingerprint density at radius 2 is 2.35 bits per heavy atom. The molecule has 0 atom stereocenters. The summed E-state index contributed by atoms with van der Waals surface area (Å²) in [6.45, 7) is 3.01. The number of nitrogens with zero attached hydrogens (tertiary/aromatic N) is 3. The Hall–Kier alpha value is -1.93. The third kappa shape index (κ3) is 3.54. The molecule has 17 heavy (non-hydrogen) atoms. The molecule has 0 saturated carbocycles. The SMILES string of the molecule is CCN(CCCO)C(=O)c1ccc(C#N)cn1. The Labute approximate surface area is 100 Å². The molecule has 0 saturated heterocycles. The molecular formula is C12H15N3O2. The fourth-order valence-corrected chi connectivity index (χ4v) is 1.41. The van der Waals surface area contributed by atoms with Crippen molar-refractivity contribution in [2.24, 2.45) is 0 Å². The van der Waals surface area contributed by atoms with E-state index in [9.17, 15) is 4.79 Å². The van der Waals surface area contributed by atoms with E-state index in [0.29, 0.717) is 30.8 Å². The number of pyridine rings is 1. The standard InChI is InChI=1S/C12H15N3O2/c1-2-15(6-3-7-16)12(17)11-5-4-10(8-13)9-14-11/h4-5,9,16H,2-3,6-7H2,1H3. The molecule has 1 aromatic rings. The number of amides is 1. The van der Waals surface area contributed by atoms with Crippen LogP contribution in [0.2, 0.25) is 0 Å². The topological polar surface area (TPSA) is 77.2 Å². The largest absolute Gasteiger partial charge is 0.396 e. The summed E-state index contributed by atoms with van der Waals surface area (Å²) in [7, 11) is 0. The Morgan fingerprint density at radius 3 is 2.82 bits per heavy atom. The van der Waals surface area contributed by atoms with E-state index in [2.05, 4.69) is 4.98 Å². The number of aromatic nitrogens is 1. The summed E-state index contributed by atoms with van der Waals surface area (Å²) < 4.78 is 0. The average molecular weight is 233 g/mol. The smallest absolute Gasteiger partial charge is 0.272 e. The zero-order chi connectivity index (χ0) is 12.7. The molecule has 0 bridgehead atoms. The second-order valence-corrected chi connectivity index (χ2v) is 3.51. The number of hydrogen-bond acceptors (Lipinski definition) is 4. The fourth-order valence-electron chi connectivity index (χ4n) is 1.41. The zero-order valence-electron chi connectivity index (χ0n) is 9.76. The van der Waals surface area contributed by atoms with E-state index >= 15 is 0 Å². The molecule has 1 rings (SSSR count). The van der Waals surface area contributed by atoms with Gasteiger partial charge in [0.2, 0.25) is 0 Å². The summed E-state index contributed by atoms with van der Waals surface area (Å²) in [5.74, 6) is -0.176. The van der Waals surface area contributed by atoms with Crippen LogP contribution < -0.4 is 0 Å². The molecular weight excluding hydrogens is 218 g/mol. The number of aliphatic hydroxyl groups is 1. The van der Waals surface area contributed by atoms with Crippen molar-refractivity contribution in [1.82, 2.24) is 9.88 Å². The van der Waals surface area contributed by atoms with Gasteiger partial charge in [0.05, 0.1) is 5.56 Å². The van der Waals surface area contributed by atoms with Crippen LogP contribution in [0.1, 0.15) is 29.4 Å². The first kappa shape index (κ1) is 13.1. The minimum absolute atomic E-state index is 0.0601. The van der Waals surface area contributed by atoms with E-state index < -0.39 is 0 Å². The van der Waals surface area contributed by atoms with Gasteiger partial charge in [-0.25, -0.2) is 4.98 Å². The first-order valence-corrected chi connectivity index (χ1v) is 5.49. The summed E-state index contributed by atoms with van der Waals surface area (Å²) >= 11 is 0. The Bertz CT molecular complexity index is 409. The van der Waals surface area contributed by atoms with E-state index in [4.69, 9.17) is 10.4 Å². The Kier molecular flexibility index (Phi) is 5.11. The molecule has 1 amide bonds. The number of carbonyl (C=O) groups excluding carboxylic acids is 1. The van der Waals surface area contributed by atoms with Crippen LogP contribution in [-0.4, -0.2) is 40.6 Å². The minimum Gasteiger partial charge on any atom is -0.396 e. The maximum absolute atomic E-state index is 12.0. The first-order chi connectivity index (χ1) is 8.22. The van der Waals surface area contributed by atoms with E-state index in [1.165, 1.54) is 6.20 Å². The van der Waals surface area contributed by atoms with Gasteiger partial charge in [-0.1, -0.05) is 0 Å². The Morgan fingerprint density at radius 1 is 1.59 bits per heavy atom. The monoisotopic (exact) mass is 233 g/mol. The number of rotatable bonds is 5. The quantitative estimate of drug-likeness (QED) is 0.816. The van der Waals surface area contributed by atoms with Crippen LogP contribution in [0.3, 0.4) is 0 Å². The normalized spacial score (nSPS) is 9.71. The zero-order valence-corrected chi connectivity index (χ0v) is 9.76. The van der Waals surface area contributed by atoms with Crippen molar-refractivity contribution in [1.29, 1.82) is 5.26 Å². The van der Waals surface area contributed by atoms with Crippen molar-refractivity contribution in [3.63, 3.8) is 0 Å². The second-order valence-electron chi connectivity index (χ2n) is 3.51. The summed E-state index contributed by atoms with van der Waals surface area (Å²) in [5, 5.41) is 17.4. The predicted octanol–water partition coefficient (Wildman–Crippen LogP) is 0.798. The van der Waals surface area contributed by atoms with Gasteiger partial charge in [0.25, 0.3) is 5.91 Å². The molecule has 0 unspecified atom stereocenters. The van der Waals surface area contributed by atoms with Crippen molar-refractivity contribution >= 4 is 5.91 Å². The molecule has 0 aromatic carbocycles. The highest BCUT2D eigenvalue weighted by atomic mass is 16.3. The fraction of sp³-hybridized carbons (Fsp3) is 0.417. The van der Waals surface area contributed by atoms with Crippen LogP contribution in [0.5, 0.6) is 0 Å². The van der Waals surface area contributed by atoms with E-state index in [-0.39, 0.29) is 12.5 Å². The summed E-state index contributed by atoms with van der Waals surface area (Å²) in [5.41, 5.74) is 0.753. The summed E-state index contributed by atoms with van der Waals surface area (Å²) in [6.07, 6.45) is 1.93. The lowest BCUT2D eigenvalue weighted by Gasteiger charge is -2.19. The molecule has 0 aliphatic carbocycles. The van der Waals surface area contributed by atoms with E-state index in [1.54, 1.807) is 17.0 Å². The van der Waals surface area contributed by atoms with Gasteiger partial charge in [-0.3, -0.25) is 4.79 Å². The van der Waals surface area contributed by atoms with Crippen LogP contribution in [0.25, 0.3) is 0 Å². The van der Waals surface area contributed by atoms with Crippen molar-refractivity contribution in [2.45, 2.75) is 13.3 Å². The van der Waals surface area contributed by atoms with Gasteiger partial charge in [0.15, 0.2) is 0 Å².